The number of ether oxygens (including phenoxy) is 3. The molecule has 1 unspecified atom stereocenters. The smallest absolute Gasteiger partial charge is 0.338 e. The first-order chi connectivity index (χ1) is 12.1. The summed E-state index contributed by atoms with van der Waals surface area (Å²) in [6.07, 6.45) is 0.113. The lowest BCUT2D eigenvalue weighted by Crippen LogP contribution is -2.14. The van der Waals surface area contributed by atoms with Crippen LogP contribution in [0.4, 0.5) is 0 Å². The van der Waals surface area contributed by atoms with Gasteiger partial charge in [0.25, 0.3) is 0 Å². The van der Waals surface area contributed by atoms with Crippen LogP contribution in [0.15, 0.2) is 48.5 Å². The second-order valence-electron chi connectivity index (χ2n) is 5.56. The normalized spacial score (nSPS) is 11.8. The van der Waals surface area contributed by atoms with Crippen LogP contribution in [0, 0.1) is 0 Å². The molecule has 2 aromatic carbocycles. The van der Waals surface area contributed by atoms with E-state index < -0.39 is 12.3 Å². The molecule has 5 heteroatoms. The molecule has 2 rings (SSSR count). The first-order valence-corrected chi connectivity index (χ1v) is 8.40. The van der Waals surface area contributed by atoms with Gasteiger partial charge in [0.05, 0.1) is 18.8 Å². The van der Waals surface area contributed by atoms with Gasteiger partial charge in [-0.05, 0) is 48.7 Å². The highest BCUT2D eigenvalue weighted by atomic mass is 16.6. The summed E-state index contributed by atoms with van der Waals surface area (Å²) in [7, 11) is 0. The molecule has 0 spiro atoms. The zero-order valence-electron chi connectivity index (χ0n) is 14.6. The molecule has 0 radical (unpaired) electrons. The molecule has 0 aromatic heterocycles. The van der Waals surface area contributed by atoms with E-state index in [1.54, 1.807) is 12.1 Å². The predicted molar refractivity (Wildman–Crippen MR) is 95.6 cm³/mol. The van der Waals surface area contributed by atoms with Crippen LogP contribution in [-0.2, 0) is 9.47 Å². The number of hydrogen-bond donors (Lipinski definition) is 1. The van der Waals surface area contributed by atoms with E-state index in [-0.39, 0.29) is 13.2 Å². The Balaban J connectivity index is 1.91. The molecule has 0 bridgehead atoms. The number of aliphatic hydroxyl groups is 1. The fourth-order valence-electron chi connectivity index (χ4n) is 2.20. The largest absolute Gasteiger partial charge is 0.494 e. The number of benzene rings is 2. The maximum atomic E-state index is 11.9. The van der Waals surface area contributed by atoms with Crippen LogP contribution in [-0.4, -0.2) is 37.2 Å². The number of esters is 1. The van der Waals surface area contributed by atoms with Gasteiger partial charge in [-0.3, -0.25) is 0 Å². The summed E-state index contributed by atoms with van der Waals surface area (Å²) in [5, 5.41) is 8.96. The van der Waals surface area contributed by atoms with Crippen molar-refractivity contribution in [2.75, 3.05) is 19.8 Å². The van der Waals surface area contributed by atoms with Crippen molar-refractivity contribution in [1.29, 1.82) is 0 Å². The van der Waals surface area contributed by atoms with Crippen molar-refractivity contribution in [3.05, 3.63) is 54.1 Å². The molecule has 2 aromatic rings. The number of hydrogen-bond acceptors (Lipinski definition) is 5. The van der Waals surface area contributed by atoms with Gasteiger partial charge in [-0.25, -0.2) is 4.79 Å². The fraction of sp³-hybridized carbons (Fsp3) is 0.350. The van der Waals surface area contributed by atoms with Gasteiger partial charge >= 0.3 is 5.97 Å². The van der Waals surface area contributed by atoms with Crippen LogP contribution < -0.4 is 4.74 Å². The fourth-order valence-corrected chi connectivity index (χ4v) is 2.20. The number of carbonyl (C=O) groups excluding carboxylic acids is 1. The van der Waals surface area contributed by atoms with E-state index >= 15 is 0 Å². The number of rotatable bonds is 9. The van der Waals surface area contributed by atoms with Crippen LogP contribution in [0.25, 0.3) is 11.1 Å². The Hall–Kier alpha value is -2.37. The minimum absolute atomic E-state index is 0.102. The molecular weight excluding hydrogens is 320 g/mol. The van der Waals surface area contributed by atoms with E-state index in [2.05, 4.69) is 6.92 Å². The van der Waals surface area contributed by atoms with E-state index in [0.29, 0.717) is 12.2 Å². The van der Waals surface area contributed by atoms with E-state index in [9.17, 15) is 4.79 Å². The zero-order valence-corrected chi connectivity index (χ0v) is 14.6. The number of aliphatic hydroxyl groups excluding tert-OH is 1. The van der Waals surface area contributed by atoms with Gasteiger partial charge in [0.2, 0.25) is 0 Å². The molecule has 0 amide bonds. The van der Waals surface area contributed by atoms with Gasteiger partial charge in [0.1, 0.15) is 12.4 Å². The molecule has 0 saturated heterocycles. The van der Waals surface area contributed by atoms with E-state index in [1.807, 2.05) is 36.4 Å². The summed E-state index contributed by atoms with van der Waals surface area (Å²) in [5.41, 5.74) is 2.54. The third kappa shape index (κ3) is 6.21. The molecule has 0 aliphatic carbocycles. The molecule has 25 heavy (non-hydrogen) atoms. The predicted octanol–water partition coefficient (Wildman–Crippen LogP) is 3.65. The average molecular weight is 344 g/mol. The molecule has 5 nitrogen and oxygen atoms in total. The Labute approximate surface area is 148 Å². The molecule has 1 atom stereocenters. The summed E-state index contributed by atoms with van der Waals surface area (Å²) in [4.78, 5) is 11.9. The first-order valence-electron chi connectivity index (χ1n) is 8.40. The minimum Gasteiger partial charge on any atom is -0.494 e. The monoisotopic (exact) mass is 344 g/mol. The molecule has 1 N–H and O–H groups in total. The lowest BCUT2D eigenvalue weighted by Gasteiger charge is -2.09. The van der Waals surface area contributed by atoms with Crippen molar-refractivity contribution in [2.24, 2.45) is 0 Å². The van der Waals surface area contributed by atoms with Crippen LogP contribution in [0.1, 0.15) is 30.6 Å². The van der Waals surface area contributed by atoms with Crippen LogP contribution in [0.2, 0.25) is 0 Å². The van der Waals surface area contributed by atoms with Gasteiger partial charge in [0.15, 0.2) is 6.29 Å². The van der Waals surface area contributed by atoms with Crippen LogP contribution in [0.3, 0.4) is 0 Å². The maximum absolute atomic E-state index is 11.9. The van der Waals surface area contributed by atoms with Crippen molar-refractivity contribution in [3.63, 3.8) is 0 Å². The maximum Gasteiger partial charge on any atom is 0.338 e. The Bertz CT molecular complexity index is 647. The van der Waals surface area contributed by atoms with Crippen molar-refractivity contribution in [2.45, 2.75) is 26.6 Å². The highest BCUT2D eigenvalue weighted by Gasteiger charge is 2.08. The lowest BCUT2D eigenvalue weighted by molar-refractivity contribution is -0.0949. The molecule has 0 fully saturated rings. The van der Waals surface area contributed by atoms with Crippen LogP contribution in [0.5, 0.6) is 5.75 Å². The van der Waals surface area contributed by atoms with E-state index in [4.69, 9.17) is 19.3 Å². The third-order valence-corrected chi connectivity index (χ3v) is 3.46. The molecule has 0 heterocycles. The highest BCUT2D eigenvalue weighted by Crippen LogP contribution is 2.23. The van der Waals surface area contributed by atoms with Gasteiger partial charge in [-0.2, -0.15) is 0 Å². The molecule has 0 aliphatic heterocycles. The SMILES string of the molecule is CCCOc1ccc(-c2ccc(C(=O)OCCOC(C)O)cc2)cc1. The third-order valence-electron chi connectivity index (χ3n) is 3.46. The summed E-state index contributed by atoms with van der Waals surface area (Å²) < 4.78 is 15.6. The average Bonchev–Trinajstić information content (AvgIpc) is 2.64. The van der Waals surface area contributed by atoms with Gasteiger partial charge in [-0.15, -0.1) is 0 Å². The molecule has 134 valence electrons. The minimum atomic E-state index is -0.864. The van der Waals surface area contributed by atoms with Crippen molar-refractivity contribution in [1.82, 2.24) is 0 Å². The topological polar surface area (TPSA) is 65.0 Å². The standard InChI is InChI=1S/C20H24O5/c1-3-12-24-19-10-8-17(9-11-19)16-4-6-18(7-5-16)20(22)25-14-13-23-15(2)21/h4-11,15,21H,3,12-14H2,1-2H3. The highest BCUT2D eigenvalue weighted by molar-refractivity contribution is 5.90. The second kappa shape index (κ2) is 9.81. The summed E-state index contributed by atoms with van der Waals surface area (Å²) in [6, 6.07) is 15.1. The summed E-state index contributed by atoms with van der Waals surface area (Å²) >= 11 is 0. The van der Waals surface area contributed by atoms with Crippen molar-refractivity contribution in [3.8, 4) is 16.9 Å². The van der Waals surface area contributed by atoms with E-state index in [0.717, 1.165) is 23.3 Å². The zero-order chi connectivity index (χ0) is 18.1. The quantitative estimate of drug-likeness (QED) is 0.427. The number of carbonyl (C=O) groups is 1. The summed E-state index contributed by atoms with van der Waals surface area (Å²) in [6.45, 7) is 4.54. The second-order valence-corrected chi connectivity index (χ2v) is 5.56. The van der Waals surface area contributed by atoms with Crippen molar-refractivity contribution >= 4 is 5.97 Å². The Morgan fingerprint density at radius 2 is 1.56 bits per heavy atom. The Morgan fingerprint density at radius 1 is 0.960 bits per heavy atom. The summed E-state index contributed by atoms with van der Waals surface area (Å²) in [5.74, 6) is 0.439. The van der Waals surface area contributed by atoms with Crippen molar-refractivity contribution < 1.29 is 24.1 Å². The molecular formula is C20H24O5. The Kier molecular flexibility index (Phi) is 7.44. The van der Waals surface area contributed by atoms with Crippen LogP contribution >= 0.6 is 0 Å². The molecule has 0 aliphatic rings. The lowest BCUT2D eigenvalue weighted by atomic mass is 10.0. The van der Waals surface area contributed by atoms with Gasteiger partial charge in [0, 0.05) is 0 Å². The first kappa shape index (κ1) is 19.0. The van der Waals surface area contributed by atoms with Gasteiger partial charge < -0.3 is 19.3 Å². The van der Waals surface area contributed by atoms with E-state index in [1.165, 1.54) is 6.92 Å². The van der Waals surface area contributed by atoms with Gasteiger partial charge in [-0.1, -0.05) is 31.2 Å². The Morgan fingerprint density at radius 3 is 2.12 bits per heavy atom. The molecule has 0 saturated carbocycles.